The zero-order chi connectivity index (χ0) is 19.1. The van der Waals surface area contributed by atoms with E-state index in [2.05, 4.69) is 20.8 Å². The smallest absolute Gasteiger partial charge is 0.251 e. The summed E-state index contributed by atoms with van der Waals surface area (Å²) in [6, 6.07) is 6.79. The predicted molar refractivity (Wildman–Crippen MR) is 97.1 cm³/mol. The molecular weight excluding hydrogens is 348 g/mol. The van der Waals surface area contributed by atoms with Crippen LogP contribution in [-0.4, -0.2) is 35.0 Å². The van der Waals surface area contributed by atoms with Crippen LogP contribution in [0.15, 0.2) is 28.8 Å². The Bertz CT molecular complexity index is 766. The molecule has 0 aliphatic heterocycles. The highest BCUT2D eigenvalue weighted by atomic mass is 16.5. The number of nitrogens with zero attached hydrogens (tertiary/aromatic N) is 2. The van der Waals surface area contributed by atoms with Crippen molar-refractivity contribution in [3.8, 4) is 5.75 Å². The minimum absolute atomic E-state index is 0.0973. The maximum Gasteiger partial charge on any atom is 0.251 e. The van der Waals surface area contributed by atoms with Gasteiger partial charge in [-0.1, -0.05) is 18.0 Å². The Morgan fingerprint density at radius 2 is 1.85 bits per heavy atom. The van der Waals surface area contributed by atoms with Crippen LogP contribution >= 0.6 is 0 Å². The molecule has 0 radical (unpaired) electrons. The van der Waals surface area contributed by atoms with E-state index in [1.807, 2.05) is 0 Å². The molecule has 1 aliphatic carbocycles. The number of ether oxygens (including phenoxy) is 1. The number of rotatable bonds is 8. The Labute approximate surface area is 157 Å². The Morgan fingerprint density at radius 1 is 1.15 bits per heavy atom. The highest BCUT2D eigenvalue weighted by molar-refractivity contribution is 5.94. The third-order valence-electron chi connectivity index (χ3n) is 4.49. The van der Waals surface area contributed by atoms with Gasteiger partial charge in [-0.15, -0.1) is 0 Å². The van der Waals surface area contributed by atoms with Gasteiger partial charge in [0.05, 0.1) is 0 Å². The second kappa shape index (κ2) is 9.16. The Hall–Kier alpha value is -2.90. The molecule has 2 N–H and O–H groups in total. The minimum Gasteiger partial charge on any atom is -0.485 e. The first kappa shape index (κ1) is 18.9. The van der Waals surface area contributed by atoms with E-state index in [0.717, 1.165) is 25.7 Å². The molecule has 0 unspecified atom stereocenters. The Balaban J connectivity index is 1.37. The first-order chi connectivity index (χ1) is 13.1. The quantitative estimate of drug-likeness (QED) is 0.687. The fourth-order valence-corrected chi connectivity index (χ4v) is 3.05. The second-order valence-corrected chi connectivity index (χ2v) is 6.57. The molecule has 0 atom stereocenters. The van der Waals surface area contributed by atoms with Crippen LogP contribution in [0.3, 0.4) is 0 Å². The van der Waals surface area contributed by atoms with Crippen molar-refractivity contribution < 1.29 is 18.8 Å². The minimum atomic E-state index is -0.189. The van der Waals surface area contributed by atoms with Crippen molar-refractivity contribution in [2.24, 2.45) is 5.92 Å². The van der Waals surface area contributed by atoms with Gasteiger partial charge in [0.1, 0.15) is 5.75 Å². The van der Waals surface area contributed by atoms with Crippen LogP contribution in [0.5, 0.6) is 5.75 Å². The number of carbonyl (C=O) groups is 2. The summed E-state index contributed by atoms with van der Waals surface area (Å²) in [4.78, 5) is 28.1. The largest absolute Gasteiger partial charge is 0.485 e. The molecule has 3 rings (SSSR count). The molecule has 2 aromatic rings. The van der Waals surface area contributed by atoms with Crippen LogP contribution < -0.4 is 15.4 Å². The van der Waals surface area contributed by atoms with E-state index in [0.29, 0.717) is 36.1 Å². The molecule has 0 bridgehead atoms. The molecule has 0 spiro atoms. The topological polar surface area (TPSA) is 106 Å². The van der Waals surface area contributed by atoms with Crippen LogP contribution in [0.1, 0.15) is 47.8 Å². The molecule has 27 heavy (non-hydrogen) atoms. The van der Waals surface area contributed by atoms with Crippen molar-refractivity contribution in [3.63, 3.8) is 0 Å². The van der Waals surface area contributed by atoms with Crippen LogP contribution in [0, 0.1) is 12.8 Å². The van der Waals surface area contributed by atoms with Gasteiger partial charge < -0.3 is 19.9 Å². The fraction of sp³-hybridized carbons (Fsp3) is 0.474. The van der Waals surface area contributed by atoms with Gasteiger partial charge in [0.25, 0.3) is 5.91 Å². The van der Waals surface area contributed by atoms with E-state index in [1.54, 1.807) is 31.2 Å². The van der Waals surface area contributed by atoms with E-state index in [1.165, 1.54) is 0 Å². The summed E-state index contributed by atoms with van der Waals surface area (Å²) in [5, 5.41) is 9.43. The summed E-state index contributed by atoms with van der Waals surface area (Å²) in [5.41, 5.74) is 0.528. The molecule has 1 aromatic heterocycles. The van der Waals surface area contributed by atoms with Gasteiger partial charge in [-0.25, -0.2) is 0 Å². The summed E-state index contributed by atoms with van der Waals surface area (Å²) in [6.07, 6.45) is 4.20. The van der Waals surface area contributed by atoms with Crippen molar-refractivity contribution in [2.45, 2.75) is 39.2 Å². The van der Waals surface area contributed by atoms with Crippen LogP contribution in [0.25, 0.3) is 0 Å². The Morgan fingerprint density at radius 3 is 2.52 bits per heavy atom. The number of nitrogens with one attached hydrogen (secondary N) is 2. The number of hydrogen-bond donors (Lipinski definition) is 2. The van der Waals surface area contributed by atoms with Crippen molar-refractivity contribution in [1.82, 2.24) is 20.8 Å². The van der Waals surface area contributed by atoms with Crippen LogP contribution in [-0.2, 0) is 11.4 Å². The van der Waals surface area contributed by atoms with E-state index < -0.39 is 0 Å². The number of amides is 2. The van der Waals surface area contributed by atoms with Gasteiger partial charge in [-0.05, 0) is 37.1 Å². The van der Waals surface area contributed by atoms with E-state index in [4.69, 9.17) is 9.26 Å². The average Bonchev–Trinajstić information content (AvgIpc) is 3.35. The van der Waals surface area contributed by atoms with Gasteiger partial charge in [0, 0.05) is 31.5 Å². The first-order valence-corrected chi connectivity index (χ1v) is 9.20. The molecule has 1 aliphatic rings. The standard InChI is InChI=1S/C19H24N4O4/c1-13-22-17(23-27-13)12-26-16-8-6-15(7-9-16)19(25)21-11-10-20-18(24)14-4-2-3-5-14/h6-9,14H,2-5,10-12H2,1H3,(H,20,24)(H,21,25). The first-order valence-electron chi connectivity index (χ1n) is 9.20. The zero-order valence-electron chi connectivity index (χ0n) is 15.4. The molecule has 2 amide bonds. The summed E-state index contributed by atoms with van der Waals surface area (Å²) >= 11 is 0. The molecule has 144 valence electrons. The molecule has 8 heteroatoms. The molecule has 0 saturated heterocycles. The van der Waals surface area contributed by atoms with E-state index in [-0.39, 0.29) is 24.3 Å². The van der Waals surface area contributed by atoms with Crippen LogP contribution in [0.4, 0.5) is 0 Å². The average molecular weight is 372 g/mol. The molecule has 1 heterocycles. The fourth-order valence-electron chi connectivity index (χ4n) is 3.05. The number of benzene rings is 1. The zero-order valence-corrected chi connectivity index (χ0v) is 15.4. The van der Waals surface area contributed by atoms with Crippen molar-refractivity contribution in [1.29, 1.82) is 0 Å². The lowest BCUT2D eigenvalue weighted by Gasteiger charge is -2.11. The van der Waals surface area contributed by atoms with Gasteiger partial charge in [0.2, 0.25) is 17.6 Å². The molecular formula is C19H24N4O4. The summed E-state index contributed by atoms with van der Waals surface area (Å²) < 4.78 is 10.4. The Kier molecular flexibility index (Phi) is 6.40. The van der Waals surface area contributed by atoms with E-state index >= 15 is 0 Å². The monoisotopic (exact) mass is 372 g/mol. The molecule has 1 aromatic carbocycles. The number of hydrogen-bond acceptors (Lipinski definition) is 6. The number of carbonyl (C=O) groups excluding carboxylic acids is 2. The predicted octanol–water partition coefficient (Wildman–Crippen LogP) is 1.99. The molecule has 1 saturated carbocycles. The highest BCUT2D eigenvalue weighted by Gasteiger charge is 2.21. The normalized spacial score (nSPS) is 14.1. The second-order valence-electron chi connectivity index (χ2n) is 6.57. The van der Waals surface area contributed by atoms with Gasteiger partial charge >= 0.3 is 0 Å². The van der Waals surface area contributed by atoms with Crippen molar-refractivity contribution >= 4 is 11.8 Å². The van der Waals surface area contributed by atoms with E-state index in [9.17, 15) is 9.59 Å². The molecule has 8 nitrogen and oxygen atoms in total. The van der Waals surface area contributed by atoms with Gasteiger partial charge in [0.15, 0.2) is 6.61 Å². The number of aromatic nitrogens is 2. The molecule has 1 fully saturated rings. The van der Waals surface area contributed by atoms with Gasteiger partial charge in [-0.3, -0.25) is 9.59 Å². The third-order valence-corrected chi connectivity index (χ3v) is 4.49. The summed E-state index contributed by atoms with van der Waals surface area (Å²) in [5.74, 6) is 1.61. The number of aryl methyl sites for hydroxylation is 1. The van der Waals surface area contributed by atoms with Crippen LogP contribution in [0.2, 0.25) is 0 Å². The third kappa shape index (κ3) is 5.54. The lowest BCUT2D eigenvalue weighted by atomic mass is 10.1. The summed E-state index contributed by atoms with van der Waals surface area (Å²) in [7, 11) is 0. The SMILES string of the molecule is Cc1nc(COc2ccc(C(=O)NCCNC(=O)C3CCCC3)cc2)no1. The summed E-state index contributed by atoms with van der Waals surface area (Å²) in [6.45, 7) is 2.74. The van der Waals surface area contributed by atoms with Crippen molar-refractivity contribution in [2.75, 3.05) is 13.1 Å². The lowest BCUT2D eigenvalue weighted by molar-refractivity contribution is -0.124. The van der Waals surface area contributed by atoms with Gasteiger partial charge in [-0.2, -0.15) is 4.98 Å². The maximum absolute atomic E-state index is 12.1. The van der Waals surface area contributed by atoms with Crippen molar-refractivity contribution in [3.05, 3.63) is 41.5 Å². The maximum atomic E-state index is 12.1. The lowest BCUT2D eigenvalue weighted by Crippen LogP contribution is -2.37. The highest BCUT2D eigenvalue weighted by Crippen LogP contribution is 2.24.